The van der Waals surface area contributed by atoms with Crippen LogP contribution < -0.4 is 5.73 Å². The average Bonchev–Trinajstić information content (AvgIpc) is 3.17. The van der Waals surface area contributed by atoms with Gasteiger partial charge in [-0.25, -0.2) is 4.79 Å². The number of carbonyl (C=O) groups excluding carboxylic acids is 2. The van der Waals surface area contributed by atoms with E-state index in [0.717, 1.165) is 50.4 Å². The lowest BCUT2D eigenvalue weighted by atomic mass is 9.78. The van der Waals surface area contributed by atoms with Crippen molar-refractivity contribution in [3.8, 4) is 0 Å². The van der Waals surface area contributed by atoms with E-state index in [2.05, 4.69) is 11.0 Å². The van der Waals surface area contributed by atoms with Gasteiger partial charge in [0.25, 0.3) is 5.91 Å². The number of likely N-dealkylation sites (tertiary alicyclic amines) is 2. The quantitative estimate of drug-likeness (QED) is 0.854. The van der Waals surface area contributed by atoms with Crippen LogP contribution in [0.5, 0.6) is 0 Å². The molecule has 1 saturated carbocycles. The maximum atomic E-state index is 13.2. The molecule has 2 aliphatic heterocycles. The lowest BCUT2D eigenvalue weighted by Crippen LogP contribution is -2.49. The second-order valence-corrected chi connectivity index (χ2v) is 9.03. The predicted molar refractivity (Wildman–Crippen MR) is 103 cm³/mol. The number of nitrogens with zero attached hydrogens (tertiary/aromatic N) is 2. The Bertz CT molecular complexity index is 664. The standard InChI is InChI=1S/C20H29N3O2S/c21-20(25)22-10-7-15(8-11-22)18-12-16(13-26-18)19(24)23-9-3-5-14-4-1-2-6-17(14)23/h12-15,17H,1-11H2,(H2,21,25)/t14-,17-/m0/s1. The fraction of sp³-hybridized carbons (Fsp3) is 0.700. The molecule has 5 nitrogen and oxygen atoms in total. The Morgan fingerprint density at radius 1 is 1.00 bits per heavy atom. The summed E-state index contributed by atoms with van der Waals surface area (Å²) in [5.41, 5.74) is 6.24. The molecule has 2 saturated heterocycles. The smallest absolute Gasteiger partial charge is 0.314 e. The number of hydrogen-bond donors (Lipinski definition) is 1. The first-order valence-electron chi connectivity index (χ1n) is 10.1. The van der Waals surface area contributed by atoms with E-state index < -0.39 is 0 Å². The Labute approximate surface area is 159 Å². The zero-order valence-electron chi connectivity index (χ0n) is 15.4. The summed E-state index contributed by atoms with van der Waals surface area (Å²) in [5.74, 6) is 1.40. The molecule has 0 unspecified atom stereocenters. The van der Waals surface area contributed by atoms with Crippen LogP contribution >= 0.6 is 11.3 Å². The molecule has 1 aromatic rings. The minimum Gasteiger partial charge on any atom is -0.351 e. The molecule has 6 heteroatoms. The van der Waals surface area contributed by atoms with Crippen molar-refractivity contribution in [1.82, 2.24) is 9.80 Å². The average molecular weight is 376 g/mol. The number of piperidine rings is 2. The topological polar surface area (TPSA) is 66.6 Å². The van der Waals surface area contributed by atoms with Crippen LogP contribution in [0.15, 0.2) is 11.4 Å². The van der Waals surface area contributed by atoms with Crippen molar-refractivity contribution < 1.29 is 9.59 Å². The fourth-order valence-electron chi connectivity index (χ4n) is 5.11. The molecule has 3 heterocycles. The molecule has 3 aliphatic rings. The Morgan fingerprint density at radius 3 is 2.50 bits per heavy atom. The van der Waals surface area contributed by atoms with Gasteiger partial charge in [0.05, 0.1) is 5.56 Å². The summed E-state index contributed by atoms with van der Waals surface area (Å²) in [4.78, 5) is 29.6. The number of nitrogens with two attached hydrogens (primary N) is 1. The lowest BCUT2D eigenvalue weighted by molar-refractivity contribution is 0.0391. The van der Waals surface area contributed by atoms with E-state index in [1.165, 1.54) is 37.0 Å². The van der Waals surface area contributed by atoms with Gasteiger partial charge >= 0.3 is 6.03 Å². The van der Waals surface area contributed by atoms with Gasteiger partial charge < -0.3 is 15.5 Å². The molecule has 0 aromatic carbocycles. The molecule has 0 bridgehead atoms. The van der Waals surface area contributed by atoms with Gasteiger partial charge in [0.1, 0.15) is 0 Å². The van der Waals surface area contributed by atoms with E-state index in [-0.39, 0.29) is 11.9 Å². The van der Waals surface area contributed by atoms with Gasteiger partial charge in [-0.2, -0.15) is 0 Å². The number of amides is 3. The summed E-state index contributed by atoms with van der Waals surface area (Å²) >= 11 is 1.71. The number of fused-ring (bicyclic) bond motifs is 1. The molecule has 2 atom stereocenters. The number of hydrogen-bond acceptors (Lipinski definition) is 3. The summed E-state index contributed by atoms with van der Waals surface area (Å²) < 4.78 is 0. The minimum absolute atomic E-state index is 0.235. The molecule has 0 radical (unpaired) electrons. The van der Waals surface area contributed by atoms with Gasteiger partial charge in [-0.15, -0.1) is 11.3 Å². The van der Waals surface area contributed by atoms with Gasteiger partial charge in [-0.1, -0.05) is 12.8 Å². The number of primary amides is 1. The van der Waals surface area contributed by atoms with Crippen LogP contribution in [-0.2, 0) is 0 Å². The van der Waals surface area contributed by atoms with Crippen molar-refractivity contribution in [2.24, 2.45) is 11.7 Å². The second kappa shape index (κ2) is 7.59. The third-order valence-electron chi connectivity index (χ3n) is 6.58. The predicted octanol–water partition coefficient (Wildman–Crippen LogP) is 3.80. The number of thiophene rings is 1. The van der Waals surface area contributed by atoms with Crippen molar-refractivity contribution in [3.63, 3.8) is 0 Å². The minimum atomic E-state index is -0.322. The monoisotopic (exact) mass is 375 g/mol. The van der Waals surface area contributed by atoms with Gasteiger partial charge in [-0.05, 0) is 56.4 Å². The molecule has 0 spiro atoms. The highest BCUT2D eigenvalue weighted by Crippen LogP contribution is 2.37. The van der Waals surface area contributed by atoms with E-state index in [9.17, 15) is 9.59 Å². The van der Waals surface area contributed by atoms with Crippen LogP contribution in [0.1, 0.15) is 72.5 Å². The Balaban J connectivity index is 1.42. The van der Waals surface area contributed by atoms with E-state index in [4.69, 9.17) is 5.73 Å². The lowest BCUT2D eigenvalue weighted by Gasteiger charge is -2.44. The van der Waals surface area contributed by atoms with E-state index in [1.54, 1.807) is 16.2 Å². The maximum absolute atomic E-state index is 13.2. The third-order valence-corrected chi connectivity index (χ3v) is 7.67. The zero-order chi connectivity index (χ0) is 18.1. The van der Waals surface area contributed by atoms with Crippen molar-refractivity contribution in [2.75, 3.05) is 19.6 Å². The summed E-state index contributed by atoms with van der Waals surface area (Å²) in [6.45, 7) is 2.36. The van der Waals surface area contributed by atoms with E-state index in [0.29, 0.717) is 12.0 Å². The van der Waals surface area contributed by atoms with Gasteiger partial charge in [0.2, 0.25) is 0 Å². The second-order valence-electron chi connectivity index (χ2n) is 8.09. The molecular weight excluding hydrogens is 346 g/mol. The molecule has 1 aliphatic carbocycles. The molecular formula is C20H29N3O2S. The van der Waals surface area contributed by atoms with Crippen LogP contribution in [-0.4, -0.2) is 47.4 Å². The highest BCUT2D eigenvalue weighted by molar-refractivity contribution is 7.10. The number of carbonyl (C=O) groups is 2. The Morgan fingerprint density at radius 2 is 1.73 bits per heavy atom. The van der Waals surface area contributed by atoms with Crippen LogP contribution in [0, 0.1) is 5.92 Å². The Hall–Kier alpha value is -1.56. The highest BCUT2D eigenvalue weighted by atomic mass is 32.1. The van der Waals surface area contributed by atoms with Crippen molar-refractivity contribution in [1.29, 1.82) is 0 Å². The first-order valence-corrected chi connectivity index (χ1v) is 10.9. The Kier molecular flexibility index (Phi) is 5.20. The number of urea groups is 1. The van der Waals surface area contributed by atoms with Crippen LogP contribution in [0.2, 0.25) is 0 Å². The van der Waals surface area contributed by atoms with E-state index in [1.807, 2.05) is 5.38 Å². The van der Waals surface area contributed by atoms with Gasteiger partial charge in [-0.3, -0.25) is 4.79 Å². The SMILES string of the molecule is NC(=O)N1CCC(c2cc(C(=O)N3CCC[C@@H]4CCCC[C@@H]43)cs2)CC1. The first kappa shape index (κ1) is 17.8. The number of rotatable bonds is 2. The van der Waals surface area contributed by atoms with Crippen LogP contribution in [0.25, 0.3) is 0 Å². The molecule has 3 amide bonds. The van der Waals surface area contributed by atoms with Gasteiger partial charge in [0, 0.05) is 35.9 Å². The summed E-state index contributed by atoms with van der Waals surface area (Å²) in [7, 11) is 0. The first-order chi connectivity index (χ1) is 12.6. The fourth-order valence-corrected chi connectivity index (χ4v) is 6.16. The van der Waals surface area contributed by atoms with Crippen LogP contribution in [0.3, 0.4) is 0 Å². The van der Waals surface area contributed by atoms with E-state index >= 15 is 0 Å². The third kappa shape index (κ3) is 3.48. The normalized spacial score (nSPS) is 27.2. The molecule has 142 valence electrons. The molecule has 26 heavy (non-hydrogen) atoms. The van der Waals surface area contributed by atoms with Crippen LogP contribution in [0.4, 0.5) is 4.79 Å². The zero-order valence-corrected chi connectivity index (χ0v) is 16.2. The maximum Gasteiger partial charge on any atom is 0.314 e. The van der Waals surface area contributed by atoms with Crippen molar-refractivity contribution in [3.05, 3.63) is 21.9 Å². The largest absolute Gasteiger partial charge is 0.351 e. The molecule has 2 N–H and O–H groups in total. The van der Waals surface area contributed by atoms with Crippen molar-refractivity contribution in [2.45, 2.75) is 63.3 Å². The highest BCUT2D eigenvalue weighted by Gasteiger charge is 2.36. The molecule has 4 rings (SSSR count). The summed E-state index contributed by atoms with van der Waals surface area (Å²) in [5, 5.41) is 2.05. The van der Waals surface area contributed by atoms with Gasteiger partial charge in [0.15, 0.2) is 0 Å². The molecule has 3 fully saturated rings. The van der Waals surface area contributed by atoms with Crippen molar-refractivity contribution >= 4 is 23.3 Å². The summed E-state index contributed by atoms with van der Waals surface area (Å²) in [6, 6.07) is 2.26. The summed E-state index contributed by atoms with van der Waals surface area (Å²) in [6.07, 6.45) is 9.38. The molecule has 1 aromatic heterocycles.